The van der Waals surface area contributed by atoms with Crippen LogP contribution in [0.4, 0.5) is 17.1 Å². The van der Waals surface area contributed by atoms with Crippen LogP contribution >= 0.6 is 0 Å². The zero-order valence-electron chi connectivity index (χ0n) is 40.6. The Morgan fingerprint density at radius 2 is 0.986 bits per heavy atom. The van der Waals surface area contributed by atoms with Crippen LogP contribution in [0.25, 0.3) is 77.6 Å². The number of rotatable bonds is 6. The first kappa shape index (κ1) is 41.7. The standard InChI is InChI=1S/C69H53NO/c1-68(2)57-26-14-11-22-51(57)53-38-33-46(40-59(53)68)65-64-47(41-63-67(65)55-24-13-16-29-62(55)71-63)32-37-50(45-20-9-6-10-21-45)66-56(64)25-17-28-61(66)70(48-34-30-44(31-35-48)43-18-7-5-8-19-43)49-36-39-54-52-23-12-15-27-58(52)69(3,4)60(54)42-49/h5-31,33-36,38-42,50H,32,37H2,1-4H3. The van der Waals surface area contributed by atoms with E-state index >= 15 is 0 Å². The lowest BCUT2D eigenvalue weighted by molar-refractivity contribution is 0.660. The number of fused-ring (bicyclic) bond motifs is 12. The second-order valence-corrected chi connectivity index (χ2v) is 21.1. The van der Waals surface area contributed by atoms with Crippen molar-refractivity contribution in [1.29, 1.82) is 0 Å². The lowest BCUT2D eigenvalue weighted by Crippen LogP contribution is -2.18. The molecule has 14 rings (SSSR count). The molecule has 71 heavy (non-hydrogen) atoms. The molecule has 0 amide bonds. The summed E-state index contributed by atoms with van der Waals surface area (Å²) < 4.78 is 6.89. The van der Waals surface area contributed by atoms with Crippen molar-refractivity contribution in [3.8, 4) is 55.6 Å². The summed E-state index contributed by atoms with van der Waals surface area (Å²) in [6.07, 6.45) is 1.83. The molecule has 340 valence electrons. The normalized spacial score (nSPS) is 15.6. The van der Waals surface area contributed by atoms with Crippen molar-refractivity contribution in [1.82, 2.24) is 0 Å². The Hall–Kier alpha value is -8.20. The van der Waals surface area contributed by atoms with Crippen LogP contribution in [-0.2, 0) is 17.3 Å². The highest BCUT2D eigenvalue weighted by atomic mass is 16.3. The molecule has 10 aromatic carbocycles. The number of furan rings is 1. The number of nitrogens with zero attached hydrogens (tertiary/aromatic N) is 1. The molecule has 2 heteroatoms. The Labute approximate surface area is 416 Å². The molecule has 0 bridgehead atoms. The van der Waals surface area contributed by atoms with Crippen LogP contribution in [0.5, 0.6) is 0 Å². The monoisotopic (exact) mass is 911 g/mol. The fourth-order valence-corrected chi connectivity index (χ4v) is 13.1. The van der Waals surface area contributed by atoms with Crippen molar-refractivity contribution in [2.45, 2.75) is 57.3 Å². The molecule has 0 fully saturated rings. The van der Waals surface area contributed by atoms with Gasteiger partial charge in [0, 0.05) is 44.5 Å². The number of aryl methyl sites for hydroxylation is 1. The van der Waals surface area contributed by atoms with E-state index < -0.39 is 0 Å². The average Bonchev–Trinajstić information content (AvgIpc) is 3.92. The Kier molecular flexibility index (Phi) is 9.20. The van der Waals surface area contributed by atoms with Gasteiger partial charge in [-0.1, -0.05) is 198 Å². The highest BCUT2D eigenvalue weighted by Gasteiger charge is 2.39. The topological polar surface area (TPSA) is 16.4 Å². The predicted octanol–water partition coefficient (Wildman–Crippen LogP) is 18.7. The van der Waals surface area contributed by atoms with E-state index in [0.717, 1.165) is 40.8 Å². The van der Waals surface area contributed by atoms with Crippen molar-refractivity contribution >= 4 is 39.0 Å². The summed E-state index contributed by atoms with van der Waals surface area (Å²) in [7, 11) is 0. The molecule has 0 spiro atoms. The first-order valence-corrected chi connectivity index (χ1v) is 25.3. The van der Waals surface area contributed by atoms with E-state index in [1.165, 1.54) is 106 Å². The summed E-state index contributed by atoms with van der Waals surface area (Å²) >= 11 is 0. The van der Waals surface area contributed by atoms with Gasteiger partial charge in [0.1, 0.15) is 11.2 Å². The van der Waals surface area contributed by atoms with Gasteiger partial charge in [-0.25, -0.2) is 0 Å². The summed E-state index contributed by atoms with van der Waals surface area (Å²) in [6.45, 7) is 9.55. The minimum atomic E-state index is -0.163. The second kappa shape index (κ2) is 15.7. The molecule has 1 aromatic heterocycles. The number of anilines is 3. The Morgan fingerprint density at radius 1 is 0.423 bits per heavy atom. The summed E-state index contributed by atoms with van der Waals surface area (Å²) in [5.41, 5.74) is 27.3. The highest BCUT2D eigenvalue weighted by Crippen LogP contribution is 2.57. The Bertz CT molecular complexity index is 3930. The van der Waals surface area contributed by atoms with Crippen LogP contribution in [0.15, 0.2) is 223 Å². The SMILES string of the molecule is CC1(C)c2ccccc2-c2ccc(-c3c4c(cc5oc6ccccc6c35)CCC(c3ccccc3)c3c-4cccc3N(c3ccc(-c4ccccc4)cc3)c3ccc4c(c3)C(C)(C)c3ccccc3-4)cc21. The maximum atomic E-state index is 6.89. The molecular formula is C69H53NO. The van der Waals surface area contributed by atoms with Gasteiger partial charge in [0.05, 0.1) is 5.69 Å². The van der Waals surface area contributed by atoms with E-state index in [4.69, 9.17) is 4.42 Å². The van der Waals surface area contributed by atoms with E-state index in [2.05, 4.69) is 251 Å². The Balaban J connectivity index is 1.06. The first-order chi connectivity index (χ1) is 34.7. The summed E-state index contributed by atoms with van der Waals surface area (Å²) in [5.74, 6) is 0.0976. The number of benzene rings is 10. The summed E-state index contributed by atoms with van der Waals surface area (Å²) in [4.78, 5) is 2.56. The third kappa shape index (κ3) is 6.27. The lowest BCUT2D eigenvalue weighted by Gasteiger charge is -2.33. The van der Waals surface area contributed by atoms with Gasteiger partial charge in [0.15, 0.2) is 0 Å². The number of para-hydroxylation sites is 1. The van der Waals surface area contributed by atoms with Crippen molar-refractivity contribution in [3.05, 3.63) is 257 Å². The predicted molar refractivity (Wildman–Crippen MR) is 296 cm³/mol. The number of hydrogen-bond donors (Lipinski definition) is 0. The van der Waals surface area contributed by atoms with Crippen molar-refractivity contribution < 1.29 is 4.42 Å². The molecular weight excluding hydrogens is 859 g/mol. The van der Waals surface area contributed by atoms with Gasteiger partial charge in [-0.05, 0) is 150 Å². The molecule has 3 aliphatic carbocycles. The molecule has 0 saturated carbocycles. The molecule has 1 unspecified atom stereocenters. The van der Waals surface area contributed by atoms with Gasteiger partial charge >= 0.3 is 0 Å². The average molecular weight is 912 g/mol. The second-order valence-electron chi connectivity index (χ2n) is 21.1. The maximum absolute atomic E-state index is 6.89. The zero-order chi connectivity index (χ0) is 47.6. The first-order valence-electron chi connectivity index (χ1n) is 25.3. The molecule has 1 heterocycles. The molecule has 3 aliphatic rings. The smallest absolute Gasteiger partial charge is 0.136 e. The quantitative estimate of drug-likeness (QED) is 0.165. The van der Waals surface area contributed by atoms with Gasteiger partial charge in [-0.3, -0.25) is 0 Å². The van der Waals surface area contributed by atoms with Crippen LogP contribution in [0.2, 0.25) is 0 Å². The van der Waals surface area contributed by atoms with Crippen molar-refractivity contribution in [2.24, 2.45) is 0 Å². The minimum Gasteiger partial charge on any atom is -0.456 e. The van der Waals surface area contributed by atoms with E-state index in [0.29, 0.717) is 0 Å². The van der Waals surface area contributed by atoms with Crippen LogP contribution in [0.1, 0.15) is 79.0 Å². The van der Waals surface area contributed by atoms with Crippen LogP contribution in [0, 0.1) is 0 Å². The van der Waals surface area contributed by atoms with E-state index in [1.54, 1.807) is 0 Å². The molecule has 0 radical (unpaired) electrons. The van der Waals surface area contributed by atoms with Gasteiger partial charge < -0.3 is 9.32 Å². The minimum absolute atomic E-state index is 0.0976. The van der Waals surface area contributed by atoms with Crippen molar-refractivity contribution in [3.63, 3.8) is 0 Å². The zero-order valence-corrected chi connectivity index (χ0v) is 40.6. The summed E-state index contributed by atoms with van der Waals surface area (Å²) in [6, 6.07) is 81.8. The van der Waals surface area contributed by atoms with Crippen LogP contribution in [-0.4, -0.2) is 0 Å². The largest absolute Gasteiger partial charge is 0.456 e. The summed E-state index contributed by atoms with van der Waals surface area (Å²) in [5, 5.41) is 2.32. The molecule has 1 atom stereocenters. The van der Waals surface area contributed by atoms with Gasteiger partial charge in [0.2, 0.25) is 0 Å². The van der Waals surface area contributed by atoms with Crippen LogP contribution < -0.4 is 4.90 Å². The van der Waals surface area contributed by atoms with E-state index in [9.17, 15) is 0 Å². The van der Waals surface area contributed by atoms with Crippen molar-refractivity contribution in [2.75, 3.05) is 4.90 Å². The molecule has 0 N–H and O–H groups in total. The molecule has 11 aromatic rings. The lowest BCUT2D eigenvalue weighted by atomic mass is 9.79. The third-order valence-electron chi connectivity index (χ3n) is 16.5. The Morgan fingerprint density at radius 3 is 1.72 bits per heavy atom. The van der Waals surface area contributed by atoms with Gasteiger partial charge in [-0.2, -0.15) is 0 Å². The highest BCUT2D eigenvalue weighted by molar-refractivity contribution is 6.17. The van der Waals surface area contributed by atoms with Crippen LogP contribution in [0.3, 0.4) is 0 Å². The van der Waals surface area contributed by atoms with E-state index in [1.807, 2.05) is 0 Å². The molecule has 0 saturated heterocycles. The fourth-order valence-electron chi connectivity index (χ4n) is 13.1. The third-order valence-corrected chi connectivity index (χ3v) is 16.5. The molecule has 0 aliphatic heterocycles. The number of hydrogen-bond acceptors (Lipinski definition) is 2. The molecule has 2 nitrogen and oxygen atoms in total. The maximum Gasteiger partial charge on any atom is 0.136 e. The fraction of sp³-hybridized carbons (Fsp3) is 0.130. The van der Waals surface area contributed by atoms with Gasteiger partial charge in [0.25, 0.3) is 0 Å². The van der Waals surface area contributed by atoms with E-state index in [-0.39, 0.29) is 16.7 Å². The van der Waals surface area contributed by atoms with Gasteiger partial charge in [-0.15, -0.1) is 0 Å².